The fourth-order valence-corrected chi connectivity index (χ4v) is 5.31. The highest BCUT2D eigenvalue weighted by Crippen LogP contribution is 2.27. The minimum atomic E-state index is 0.264. The number of aromatic nitrogens is 1. The molecule has 0 bridgehead atoms. The summed E-state index contributed by atoms with van der Waals surface area (Å²) in [5.74, 6) is 1.99. The normalized spacial score (nSPS) is 18.5. The van der Waals surface area contributed by atoms with Gasteiger partial charge in [0.25, 0.3) is 0 Å². The molecule has 0 radical (unpaired) electrons. The number of carbonyl (C=O) groups is 1. The van der Waals surface area contributed by atoms with Gasteiger partial charge < -0.3 is 14.4 Å². The first-order chi connectivity index (χ1) is 15.6. The number of rotatable bonds is 7. The van der Waals surface area contributed by atoms with Gasteiger partial charge in [0.1, 0.15) is 17.6 Å². The number of benzene rings is 1. The van der Waals surface area contributed by atoms with E-state index in [4.69, 9.17) is 9.47 Å². The summed E-state index contributed by atoms with van der Waals surface area (Å²) in [5, 5.41) is 0. The quantitative estimate of drug-likeness (QED) is 0.565. The van der Waals surface area contributed by atoms with E-state index in [1.165, 1.54) is 0 Å². The minimum Gasteiger partial charge on any atom is -0.496 e. The third kappa shape index (κ3) is 6.01. The molecule has 172 valence electrons. The zero-order valence-corrected chi connectivity index (χ0v) is 20.3. The molecule has 2 fully saturated rings. The van der Waals surface area contributed by atoms with Crippen LogP contribution in [-0.4, -0.2) is 66.1 Å². The van der Waals surface area contributed by atoms with Crippen molar-refractivity contribution in [1.29, 1.82) is 0 Å². The molecule has 32 heavy (non-hydrogen) atoms. The van der Waals surface area contributed by atoms with Crippen LogP contribution in [0.2, 0.25) is 0 Å². The van der Waals surface area contributed by atoms with Crippen LogP contribution in [-0.2, 0) is 11.2 Å². The van der Waals surface area contributed by atoms with Crippen molar-refractivity contribution >= 4 is 21.8 Å². The molecule has 2 aliphatic rings. The maximum Gasteiger partial charge on any atom is 0.222 e. The number of likely N-dealkylation sites (tertiary alicyclic amines) is 2. The van der Waals surface area contributed by atoms with Crippen molar-refractivity contribution in [2.75, 3.05) is 33.3 Å². The fraction of sp³-hybridized carbons (Fsp3) is 0.520. The standard InChI is InChI=1S/C25H32BrN3O3/c1-31-24-4-2-19(18-23(24)26)3-5-25(30)29-14-8-20(9-15-29)28-16-10-22(11-17-28)32-21-6-12-27-13-7-21/h2,4,6-7,12-13,18,20,22H,3,5,8-11,14-17H2,1H3. The molecule has 0 aliphatic carbocycles. The van der Waals surface area contributed by atoms with E-state index < -0.39 is 0 Å². The largest absolute Gasteiger partial charge is 0.496 e. The van der Waals surface area contributed by atoms with Gasteiger partial charge in [-0.05, 0) is 77.9 Å². The molecule has 0 unspecified atom stereocenters. The first-order valence-electron chi connectivity index (χ1n) is 11.5. The lowest BCUT2D eigenvalue weighted by Crippen LogP contribution is -2.50. The van der Waals surface area contributed by atoms with Gasteiger partial charge in [-0.2, -0.15) is 0 Å². The Balaban J connectivity index is 1.17. The fourth-order valence-electron chi connectivity index (χ4n) is 4.72. The van der Waals surface area contributed by atoms with E-state index in [1.807, 2.05) is 35.2 Å². The third-order valence-electron chi connectivity index (χ3n) is 6.61. The van der Waals surface area contributed by atoms with Crippen LogP contribution in [0.5, 0.6) is 11.5 Å². The molecule has 2 saturated heterocycles. The number of amides is 1. The molecule has 0 atom stereocenters. The Morgan fingerprint density at radius 3 is 2.44 bits per heavy atom. The zero-order valence-electron chi connectivity index (χ0n) is 18.7. The van der Waals surface area contributed by atoms with Crippen molar-refractivity contribution < 1.29 is 14.3 Å². The maximum atomic E-state index is 12.7. The number of halogens is 1. The second kappa shape index (κ2) is 11.1. The number of methoxy groups -OCH3 is 1. The van der Waals surface area contributed by atoms with Gasteiger partial charge in [-0.1, -0.05) is 6.07 Å². The van der Waals surface area contributed by atoms with E-state index >= 15 is 0 Å². The summed E-state index contributed by atoms with van der Waals surface area (Å²) in [4.78, 5) is 21.4. The second-order valence-electron chi connectivity index (χ2n) is 8.62. The number of pyridine rings is 1. The van der Waals surface area contributed by atoms with Crippen LogP contribution in [0.15, 0.2) is 47.2 Å². The van der Waals surface area contributed by atoms with E-state index in [-0.39, 0.29) is 12.0 Å². The van der Waals surface area contributed by atoms with Gasteiger partial charge in [-0.25, -0.2) is 0 Å². The number of hydrogen-bond donors (Lipinski definition) is 0. The molecule has 0 N–H and O–H groups in total. The van der Waals surface area contributed by atoms with Crippen LogP contribution >= 0.6 is 15.9 Å². The first-order valence-corrected chi connectivity index (χ1v) is 12.3. The van der Waals surface area contributed by atoms with Crippen LogP contribution in [0.4, 0.5) is 0 Å². The number of ether oxygens (including phenoxy) is 2. The molecule has 0 spiro atoms. The molecule has 1 aromatic heterocycles. The zero-order chi connectivity index (χ0) is 22.3. The molecule has 3 heterocycles. The van der Waals surface area contributed by atoms with Crippen LogP contribution < -0.4 is 9.47 Å². The average molecular weight is 502 g/mol. The predicted octanol–water partition coefficient (Wildman–Crippen LogP) is 4.32. The van der Waals surface area contributed by atoms with Crippen LogP contribution in [0, 0.1) is 0 Å². The third-order valence-corrected chi connectivity index (χ3v) is 7.23. The number of aryl methyl sites for hydroxylation is 1. The highest BCUT2D eigenvalue weighted by molar-refractivity contribution is 9.10. The summed E-state index contributed by atoms with van der Waals surface area (Å²) in [6.45, 7) is 3.87. The van der Waals surface area contributed by atoms with Gasteiger partial charge in [-0.15, -0.1) is 0 Å². The van der Waals surface area contributed by atoms with E-state index in [2.05, 4.69) is 25.8 Å². The van der Waals surface area contributed by atoms with Crippen molar-refractivity contribution in [3.05, 3.63) is 52.8 Å². The smallest absolute Gasteiger partial charge is 0.222 e. The van der Waals surface area contributed by atoms with E-state index in [0.717, 1.165) is 79.8 Å². The van der Waals surface area contributed by atoms with Crippen molar-refractivity contribution in [2.45, 2.75) is 50.7 Å². The summed E-state index contributed by atoms with van der Waals surface area (Å²) < 4.78 is 12.3. The molecule has 7 heteroatoms. The van der Waals surface area contributed by atoms with Crippen LogP contribution in [0.3, 0.4) is 0 Å². The lowest BCUT2D eigenvalue weighted by molar-refractivity contribution is -0.132. The Bertz CT molecular complexity index is 879. The van der Waals surface area contributed by atoms with Crippen molar-refractivity contribution in [3.63, 3.8) is 0 Å². The Morgan fingerprint density at radius 2 is 1.78 bits per heavy atom. The molecule has 6 nitrogen and oxygen atoms in total. The maximum absolute atomic E-state index is 12.7. The lowest BCUT2D eigenvalue weighted by atomic mass is 9.98. The molecule has 4 rings (SSSR count). The molecule has 2 aromatic rings. The Kier molecular flexibility index (Phi) is 8.03. The Labute approximate surface area is 199 Å². The van der Waals surface area contributed by atoms with E-state index in [1.54, 1.807) is 19.5 Å². The Morgan fingerprint density at radius 1 is 1.06 bits per heavy atom. The van der Waals surface area contributed by atoms with Crippen LogP contribution in [0.1, 0.15) is 37.7 Å². The number of nitrogens with zero attached hydrogens (tertiary/aromatic N) is 3. The summed E-state index contributed by atoms with van der Waals surface area (Å²) in [6.07, 6.45) is 9.38. The second-order valence-corrected chi connectivity index (χ2v) is 9.47. The van der Waals surface area contributed by atoms with Crippen molar-refractivity contribution in [1.82, 2.24) is 14.8 Å². The molecule has 2 aliphatic heterocycles. The monoisotopic (exact) mass is 501 g/mol. The molecular formula is C25H32BrN3O3. The summed E-state index contributed by atoms with van der Waals surface area (Å²) in [5.41, 5.74) is 1.15. The summed E-state index contributed by atoms with van der Waals surface area (Å²) >= 11 is 3.52. The summed E-state index contributed by atoms with van der Waals surface area (Å²) in [7, 11) is 1.66. The minimum absolute atomic E-state index is 0.264. The summed E-state index contributed by atoms with van der Waals surface area (Å²) in [6, 6.07) is 10.4. The molecule has 0 saturated carbocycles. The molecule has 1 amide bonds. The van der Waals surface area contributed by atoms with Crippen LogP contribution in [0.25, 0.3) is 0 Å². The predicted molar refractivity (Wildman–Crippen MR) is 128 cm³/mol. The van der Waals surface area contributed by atoms with Gasteiger partial charge in [0, 0.05) is 51.0 Å². The Hall–Kier alpha value is -2.12. The van der Waals surface area contributed by atoms with E-state index in [9.17, 15) is 4.79 Å². The highest BCUT2D eigenvalue weighted by Gasteiger charge is 2.30. The highest BCUT2D eigenvalue weighted by atomic mass is 79.9. The van der Waals surface area contributed by atoms with E-state index in [0.29, 0.717) is 12.5 Å². The molecule has 1 aromatic carbocycles. The van der Waals surface area contributed by atoms with Crippen molar-refractivity contribution in [3.8, 4) is 11.5 Å². The van der Waals surface area contributed by atoms with Crippen molar-refractivity contribution in [2.24, 2.45) is 0 Å². The number of piperidine rings is 2. The molecular weight excluding hydrogens is 470 g/mol. The number of carbonyl (C=O) groups excluding carboxylic acids is 1. The topological polar surface area (TPSA) is 54.9 Å². The SMILES string of the molecule is COc1ccc(CCC(=O)N2CCC(N3CCC(Oc4ccncc4)CC3)CC2)cc1Br. The van der Waals surface area contributed by atoms with Gasteiger partial charge in [0.15, 0.2) is 0 Å². The first kappa shape index (κ1) is 23.1. The van der Waals surface area contributed by atoms with Gasteiger partial charge in [-0.3, -0.25) is 14.7 Å². The number of hydrogen-bond acceptors (Lipinski definition) is 5. The van der Waals surface area contributed by atoms with Gasteiger partial charge >= 0.3 is 0 Å². The lowest BCUT2D eigenvalue weighted by Gasteiger charge is -2.41. The average Bonchev–Trinajstić information content (AvgIpc) is 2.84. The van der Waals surface area contributed by atoms with Gasteiger partial charge in [0.2, 0.25) is 5.91 Å². The van der Waals surface area contributed by atoms with Gasteiger partial charge in [0.05, 0.1) is 11.6 Å².